The average Bonchev–Trinajstić information content (AvgIpc) is 2.45. The Kier molecular flexibility index (Phi) is 18.3. The Labute approximate surface area is 137 Å². The molecule has 0 aliphatic carbocycles. The van der Waals surface area contributed by atoms with E-state index in [2.05, 4.69) is 24.5 Å². The van der Waals surface area contributed by atoms with Crippen LogP contribution in [-0.2, 0) is 0 Å². The maximum atomic E-state index is 9.79. The fraction of sp³-hybridized carbons (Fsp3) is 1.00. The van der Waals surface area contributed by atoms with E-state index in [9.17, 15) is 5.11 Å². The van der Waals surface area contributed by atoms with Crippen molar-refractivity contribution in [3.63, 3.8) is 0 Å². The summed E-state index contributed by atoms with van der Waals surface area (Å²) in [5, 5.41) is 16.4. The lowest BCUT2D eigenvalue weighted by atomic mass is 10.1. The highest BCUT2D eigenvalue weighted by Crippen LogP contribution is 2.02. The zero-order valence-corrected chi connectivity index (χ0v) is 14.6. The molecule has 0 rings (SSSR count). The van der Waals surface area contributed by atoms with Gasteiger partial charge in [0.15, 0.2) is 0 Å². The standard InChI is InChI=1S/C15H36N4O.ClH/c1-13(9-16)5-3-7-18-11-15(20)12-19-8-4-6-14(2)10-17;/h13-15,18-20H,3-12,16-17H2,1-2H3;1H. The van der Waals surface area contributed by atoms with Crippen LogP contribution in [0.1, 0.15) is 39.5 Å². The number of nitrogens with two attached hydrogens (primary N) is 2. The molecule has 0 saturated heterocycles. The van der Waals surface area contributed by atoms with Gasteiger partial charge in [-0.3, -0.25) is 0 Å². The molecule has 0 bridgehead atoms. The van der Waals surface area contributed by atoms with E-state index in [1.54, 1.807) is 0 Å². The lowest BCUT2D eigenvalue weighted by Gasteiger charge is -2.14. The predicted octanol–water partition coefficient (Wildman–Crippen LogP) is 0.698. The molecule has 0 radical (unpaired) electrons. The van der Waals surface area contributed by atoms with Gasteiger partial charge in [0.2, 0.25) is 0 Å². The molecular weight excluding hydrogens is 288 g/mol. The molecule has 0 aromatic carbocycles. The summed E-state index contributed by atoms with van der Waals surface area (Å²) in [6.07, 6.45) is 4.23. The van der Waals surface area contributed by atoms with Crippen LogP contribution in [0.5, 0.6) is 0 Å². The summed E-state index contributed by atoms with van der Waals surface area (Å²) in [7, 11) is 0. The Morgan fingerprint density at radius 1 is 0.857 bits per heavy atom. The smallest absolute Gasteiger partial charge is 0.0788 e. The van der Waals surface area contributed by atoms with E-state index >= 15 is 0 Å². The van der Waals surface area contributed by atoms with Crippen LogP contribution in [0, 0.1) is 11.8 Å². The lowest BCUT2D eigenvalue weighted by Crippen LogP contribution is -2.36. The highest BCUT2D eigenvalue weighted by Gasteiger charge is 2.04. The maximum absolute atomic E-state index is 9.79. The van der Waals surface area contributed by atoms with Crippen molar-refractivity contribution in [2.24, 2.45) is 23.3 Å². The van der Waals surface area contributed by atoms with Crippen LogP contribution in [0.25, 0.3) is 0 Å². The molecule has 0 heterocycles. The van der Waals surface area contributed by atoms with Gasteiger partial charge in [0.05, 0.1) is 6.10 Å². The fourth-order valence-electron chi connectivity index (χ4n) is 2.00. The van der Waals surface area contributed by atoms with Crippen LogP contribution >= 0.6 is 12.4 Å². The van der Waals surface area contributed by atoms with Gasteiger partial charge >= 0.3 is 0 Å². The minimum atomic E-state index is -0.311. The second-order valence-electron chi connectivity index (χ2n) is 6.03. The van der Waals surface area contributed by atoms with Crippen LogP contribution in [0.4, 0.5) is 0 Å². The third-order valence-electron chi connectivity index (χ3n) is 3.67. The average molecular weight is 325 g/mol. The second kappa shape index (κ2) is 16.5. The van der Waals surface area contributed by atoms with Crippen molar-refractivity contribution in [2.75, 3.05) is 39.3 Å². The minimum Gasteiger partial charge on any atom is -0.390 e. The first-order chi connectivity index (χ1) is 9.60. The molecule has 130 valence electrons. The molecule has 0 spiro atoms. The van der Waals surface area contributed by atoms with E-state index in [0.717, 1.165) is 51.9 Å². The number of hydrogen-bond acceptors (Lipinski definition) is 5. The summed E-state index contributed by atoms with van der Waals surface area (Å²) in [5.74, 6) is 1.19. The second-order valence-corrected chi connectivity index (χ2v) is 6.03. The third kappa shape index (κ3) is 16.3. The first-order valence-corrected chi connectivity index (χ1v) is 8.09. The summed E-state index contributed by atoms with van der Waals surface area (Å²) < 4.78 is 0. The van der Waals surface area contributed by atoms with Crippen LogP contribution in [0.3, 0.4) is 0 Å². The van der Waals surface area contributed by atoms with Crippen LogP contribution in [0.15, 0.2) is 0 Å². The van der Waals surface area contributed by atoms with E-state index in [1.165, 1.54) is 0 Å². The Morgan fingerprint density at radius 3 is 1.57 bits per heavy atom. The number of aliphatic hydroxyl groups is 1. The lowest BCUT2D eigenvalue weighted by molar-refractivity contribution is 0.168. The first kappa shape index (κ1) is 23.4. The summed E-state index contributed by atoms with van der Waals surface area (Å²) in [6, 6.07) is 0. The monoisotopic (exact) mass is 324 g/mol. The molecule has 0 fully saturated rings. The minimum absolute atomic E-state index is 0. The predicted molar refractivity (Wildman–Crippen MR) is 93.9 cm³/mol. The Hall–Kier alpha value is 0.0900. The topological polar surface area (TPSA) is 96.3 Å². The Bertz CT molecular complexity index is 190. The van der Waals surface area contributed by atoms with E-state index in [0.29, 0.717) is 24.9 Å². The van der Waals surface area contributed by atoms with Gasteiger partial charge in [0.1, 0.15) is 0 Å². The quantitative estimate of drug-likeness (QED) is 0.303. The maximum Gasteiger partial charge on any atom is 0.0788 e. The summed E-state index contributed by atoms with van der Waals surface area (Å²) in [4.78, 5) is 0. The van der Waals surface area contributed by atoms with E-state index in [-0.39, 0.29) is 18.5 Å². The third-order valence-corrected chi connectivity index (χ3v) is 3.67. The molecule has 0 aliphatic rings. The largest absolute Gasteiger partial charge is 0.390 e. The number of halogens is 1. The summed E-state index contributed by atoms with van der Waals surface area (Å²) in [6.45, 7) is 9.08. The van der Waals surface area contributed by atoms with Gasteiger partial charge in [-0.15, -0.1) is 12.4 Å². The van der Waals surface area contributed by atoms with Gasteiger partial charge in [-0.1, -0.05) is 13.8 Å². The van der Waals surface area contributed by atoms with Crippen LogP contribution < -0.4 is 22.1 Å². The molecular formula is C15H37ClN4O. The van der Waals surface area contributed by atoms with Crippen molar-refractivity contribution in [3.05, 3.63) is 0 Å². The van der Waals surface area contributed by atoms with Crippen molar-refractivity contribution in [3.8, 4) is 0 Å². The van der Waals surface area contributed by atoms with Crippen molar-refractivity contribution < 1.29 is 5.11 Å². The van der Waals surface area contributed by atoms with Gasteiger partial charge in [-0.25, -0.2) is 0 Å². The molecule has 0 aliphatic heterocycles. The zero-order valence-electron chi connectivity index (χ0n) is 13.8. The molecule has 5 nitrogen and oxygen atoms in total. The van der Waals surface area contributed by atoms with Crippen molar-refractivity contribution >= 4 is 12.4 Å². The highest BCUT2D eigenvalue weighted by atomic mass is 35.5. The number of nitrogens with one attached hydrogen (secondary N) is 2. The Balaban J connectivity index is 0. The van der Waals surface area contributed by atoms with Crippen LogP contribution in [-0.4, -0.2) is 50.5 Å². The molecule has 7 N–H and O–H groups in total. The number of aliphatic hydroxyl groups excluding tert-OH is 1. The Morgan fingerprint density at radius 2 is 1.24 bits per heavy atom. The molecule has 0 amide bonds. The molecule has 0 saturated carbocycles. The molecule has 0 aromatic rings. The van der Waals surface area contributed by atoms with Gasteiger partial charge in [-0.05, 0) is 63.7 Å². The zero-order chi connectivity index (χ0) is 15.2. The van der Waals surface area contributed by atoms with E-state index in [4.69, 9.17) is 11.5 Å². The van der Waals surface area contributed by atoms with E-state index < -0.39 is 0 Å². The van der Waals surface area contributed by atoms with E-state index in [1.807, 2.05) is 0 Å². The van der Waals surface area contributed by atoms with Gasteiger partial charge < -0.3 is 27.2 Å². The normalized spacial score (nSPS) is 15.3. The van der Waals surface area contributed by atoms with Crippen molar-refractivity contribution in [2.45, 2.75) is 45.6 Å². The molecule has 21 heavy (non-hydrogen) atoms. The molecule has 2 atom stereocenters. The number of rotatable bonds is 14. The first-order valence-electron chi connectivity index (χ1n) is 8.09. The molecule has 2 unspecified atom stereocenters. The summed E-state index contributed by atoms with van der Waals surface area (Å²) >= 11 is 0. The molecule has 6 heteroatoms. The van der Waals surface area contributed by atoms with Crippen molar-refractivity contribution in [1.29, 1.82) is 0 Å². The highest BCUT2D eigenvalue weighted by molar-refractivity contribution is 5.85. The molecule has 0 aromatic heterocycles. The van der Waals surface area contributed by atoms with Crippen LogP contribution in [0.2, 0.25) is 0 Å². The SMILES string of the molecule is CC(CN)CCCNCC(O)CNCCCC(C)CN.Cl. The fourth-order valence-corrected chi connectivity index (χ4v) is 2.00. The summed E-state index contributed by atoms with van der Waals surface area (Å²) in [5.41, 5.74) is 11.1. The number of hydrogen-bond donors (Lipinski definition) is 5. The van der Waals surface area contributed by atoms with Gasteiger partial charge in [-0.2, -0.15) is 0 Å². The van der Waals surface area contributed by atoms with Gasteiger partial charge in [0.25, 0.3) is 0 Å². The van der Waals surface area contributed by atoms with Gasteiger partial charge in [0, 0.05) is 13.1 Å². The van der Waals surface area contributed by atoms with Crippen molar-refractivity contribution in [1.82, 2.24) is 10.6 Å².